The number of anilines is 2. The molecule has 138 valence electrons. The van der Waals surface area contributed by atoms with Crippen molar-refractivity contribution in [3.63, 3.8) is 0 Å². The molecule has 1 heterocycles. The molecule has 0 saturated carbocycles. The molecule has 2 N–H and O–H groups in total. The second-order valence-corrected chi connectivity index (χ2v) is 6.27. The normalized spacial score (nSPS) is 10.0. The molecule has 0 aliphatic carbocycles. The molecule has 0 fully saturated rings. The summed E-state index contributed by atoms with van der Waals surface area (Å²) in [5.74, 6) is -0.755. The number of carbonyl (C=O) groups is 2. The highest BCUT2D eigenvalue weighted by Crippen LogP contribution is 2.19. The number of benzene rings is 2. The van der Waals surface area contributed by atoms with Gasteiger partial charge in [0.1, 0.15) is 5.69 Å². The average Bonchev–Trinajstić information content (AvgIpc) is 2.72. The van der Waals surface area contributed by atoms with Gasteiger partial charge in [-0.25, -0.2) is 0 Å². The molecule has 0 spiro atoms. The maximum atomic E-state index is 12.6. The van der Waals surface area contributed by atoms with Crippen molar-refractivity contribution < 1.29 is 9.59 Å². The highest BCUT2D eigenvalue weighted by Gasteiger charge is 2.13. The topological polar surface area (TPSA) is 94.9 Å². The number of aryl methyl sites for hydroxylation is 1. The van der Waals surface area contributed by atoms with E-state index in [-0.39, 0.29) is 11.6 Å². The zero-order valence-corrected chi connectivity index (χ0v) is 15.5. The first kappa shape index (κ1) is 18.8. The number of pyridine rings is 1. The summed E-state index contributed by atoms with van der Waals surface area (Å²) in [6, 6.07) is 17.2. The highest BCUT2D eigenvalue weighted by molar-refractivity contribution is 6.08. The molecule has 3 aromatic rings. The van der Waals surface area contributed by atoms with Gasteiger partial charge in [0.25, 0.3) is 11.8 Å². The van der Waals surface area contributed by atoms with E-state index in [9.17, 15) is 9.59 Å². The third-order valence-electron chi connectivity index (χ3n) is 4.38. The molecular weight excluding hydrogens is 352 g/mol. The smallest absolute Gasteiger partial charge is 0.274 e. The third kappa shape index (κ3) is 4.22. The predicted octanol–water partition coefficient (Wildman–Crippen LogP) is 4.07. The Morgan fingerprint density at radius 2 is 1.71 bits per heavy atom. The lowest BCUT2D eigenvalue weighted by Gasteiger charge is -2.11. The molecule has 0 saturated heterocycles. The minimum Gasteiger partial charge on any atom is -0.322 e. The number of nitrogens with one attached hydrogen (secondary N) is 2. The Balaban J connectivity index is 1.75. The molecule has 0 unspecified atom stereocenters. The van der Waals surface area contributed by atoms with Crippen molar-refractivity contribution in [2.45, 2.75) is 13.8 Å². The summed E-state index contributed by atoms with van der Waals surface area (Å²) in [7, 11) is 0. The van der Waals surface area contributed by atoms with E-state index in [1.165, 1.54) is 12.3 Å². The summed E-state index contributed by atoms with van der Waals surface area (Å²) in [5, 5.41) is 14.4. The third-order valence-corrected chi connectivity index (χ3v) is 4.38. The van der Waals surface area contributed by atoms with Gasteiger partial charge in [-0.2, -0.15) is 5.26 Å². The molecule has 0 aliphatic heterocycles. The van der Waals surface area contributed by atoms with Crippen molar-refractivity contribution in [1.29, 1.82) is 5.26 Å². The van der Waals surface area contributed by atoms with E-state index in [0.717, 1.165) is 16.8 Å². The van der Waals surface area contributed by atoms with Crippen LogP contribution in [-0.2, 0) is 0 Å². The second-order valence-electron chi connectivity index (χ2n) is 6.27. The van der Waals surface area contributed by atoms with Crippen LogP contribution in [0.2, 0.25) is 0 Å². The summed E-state index contributed by atoms with van der Waals surface area (Å²) >= 11 is 0. The largest absolute Gasteiger partial charge is 0.322 e. The Morgan fingerprint density at radius 1 is 0.964 bits per heavy atom. The van der Waals surface area contributed by atoms with Crippen LogP contribution >= 0.6 is 0 Å². The lowest BCUT2D eigenvalue weighted by atomic mass is 10.1. The fourth-order valence-electron chi connectivity index (χ4n) is 2.60. The Labute approximate surface area is 162 Å². The first-order chi connectivity index (χ1) is 13.5. The van der Waals surface area contributed by atoms with Crippen LogP contribution < -0.4 is 10.6 Å². The van der Waals surface area contributed by atoms with E-state index in [4.69, 9.17) is 5.26 Å². The van der Waals surface area contributed by atoms with E-state index in [0.29, 0.717) is 16.8 Å². The Hall–Kier alpha value is -3.98. The molecule has 28 heavy (non-hydrogen) atoms. The standard InChI is InChI=1S/C22H18N4O2/c1-14-4-3-5-19(15(14)2)26-21(27)17-10-11-24-20(12-17)22(28)25-18-8-6-16(13-23)7-9-18/h3-12H,1-2H3,(H,25,28)(H,26,27). The summed E-state index contributed by atoms with van der Waals surface area (Å²) in [6.45, 7) is 3.91. The van der Waals surface area contributed by atoms with Crippen molar-refractivity contribution in [1.82, 2.24) is 4.98 Å². The average molecular weight is 370 g/mol. The van der Waals surface area contributed by atoms with Gasteiger partial charge in [0, 0.05) is 23.1 Å². The number of nitrogens with zero attached hydrogens (tertiary/aromatic N) is 2. The minimum atomic E-state index is -0.439. The van der Waals surface area contributed by atoms with Gasteiger partial charge in [0.15, 0.2) is 0 Å². The van der Waals surface area contributed by atoms with Crippen LogP contribution in [-0.4, -0.2) is 16.8 Å². The van der Waals surface area contributed by atoms with Gasteiger partial charge in [-0.05, 0) is 67.4 Å². The van der Waals surface area contributed by atoms with Crippen molar-refractivity contribution in [3.05, 3.63) is 88.7 Å². The SMILES string of the molecule is Cc1cccc(NC(=O)c2ccnc(C(=O)Nc3ccc(C#N)cc3)c2)c1C. The van der Waals surface area contributed by atoms with Crippen LogP contribution in [0.25, 0.3) is 0 Å². The van der Waals surface area contributed by atoms with E-state index >= 15 is 0 Å². The fraction of sp³-hybridized carbons (Fsp3) is 0.0909. The first-order valence-corrected chi connectivity index (χ1v) is 8.63. The van der Waals surface area contributed by atoms with Gasteiger partial charge in [-0.3, -0.25) is 14.6 Å². The molecule has 1 aromatic heterocycles. The molecule has 6 nitrogen and oxygen atoms in total. The molecule has 2 amide bonds. The maximum Gasteiger partial charge on any atom is 0.274 e. The van der Waals surface area contributed by atoms with Gasteiger partial charge in [-0.15, -0.1) is 0 Å². The summed E-state index contributed by atoms with van der Waals surface area (Å²) in [6.07, 6.45) is 1.42. The number of aromatic nitrogens is 1. The highest BCUT2D eigenvalue weighted by atomic mass is 16.2. The van der Waals surface area contributed by atoms with Gasteiger partial charge in [0.2, 0.25) is 0 Å². The molecule has 3 rings (SSSR count). The fourth-order valence-corrected chi connectivity index (χ4v) is 2.60. The number of nitriles is 1. The maximum absolute atomic E-state index is 12.6. The van der Waals surface area contributed by atoms with E-state index < -0.39 is 5.91 Å². The minimum absolute atomic E-state index is 0.123. The van der Waals surface area contributed by atoms with Crippen molar-refractivity contribution >= 4 is 23.2 Å². The van der Waals surface area contributed by atoms with Gasteiger partial charge < -0.3 is 10.6 Å². The van der Waals surface area contributed by atoms with E-state index in [1.807, 2.05) is 38.1 Å². The summed E-state index contributed by atoms with van der Waals surface area (Å²) < 4.78 is 0. The summed E-state index contributed by atoms with van der Waals surface area (Å²) in [5.41, 5.74) is 4.29. The molecular formula is C22H18N4O2. The Kier molecular flexibility index (Phi) is 5.47. The van der Waals surface area contributed by atoms with E-state index in [2.05, 4.69) is 15.6 Å². The van der Waals surface area contributed by atoms with Crippen molar-refractivity contribution in [3.8, 4) is 6.07 Å². The number of carbonyl (C=O) groups excluding carboxylic acids is 2. The molecule has 0 bridgehead atoms. The predicted molar refractivity (Wildman–Crippen MR) is 107 cm³/mol. The molecule has 6 heteroatoms. The van der Waals surface area contributed by atoms with Crippen LogP contribution in [0, 0.1) is 25.2 Å². The molecule has 2 aromatic carbocycles. The summed E-state index contributed by atoms with van der Waals surface area (Å²) in [4.78, 5) is 29.1. The number of amides is 2. The van der Waals surface area contributed by atoms with Crippen LogP contribution in [0.1, 0.15) is 37.5 Å². The molecule has 0 aliphatic rings. The Morgan fingerprint density at radius 3 is 2.43 bits per heavy atom. The van der Waals surface area contributed by atoms with Gasteiger partial charge >= 0.3 is 0 Å². The lowest BCUT2D eigenvalue weighted by molar-refractivity contribution is 0.102. The van der Waals surface area contributed by atoms with Crippen molar-refractivity contribution in [2.75, 3.05) is 10.6 Å². The molecule has 0 atom stereocenters. The second kappa shape index (κ2) is 8.14. The zero-order chi connectivity index (χ0) is 20.1. The van der Waals surface area contributed by atoms with Crippen LogP contribution in [0.4, 0.5) is 11.4 Å². The molecule has 0 radical (unpaired) electrons. The monoisotopic (exact) mass is 370 g/mol. The van der Waals surface area contributed by atoms with Crippen molar-refractivity contribution in [2.24, 2.45) is 0 Å². The lowest BCUT2D eigenvalue weighted by Crippen LogP contribution is -2.17. The number of hydrogen-bond donors (Lipinski definition) is 2. The van der Waals surface area contributed by atoms with E-state index in [1.54, 1.807) is 30.3 Å². The first-order valence-electron chi connectivity index (χ1n) is 8.63. The zero-order valence-electron chi connectivity index (χ0n) is 15.5. The quantitative estimate of drug-likeness (QED) is 0.723. The van der Waals surface area contributed by atoms with Crippen LogP contribution in [0.15, 0.2) is 60.8 Å². The Bertz CT molecular complexity index is 1080. The van der Waals surface area contributed by atoms with Gasteiger partial charge in [0.05, 0.1) is 11.6 Å². The van der Waals surface area contributed by atoms with Gasteiger partial charge in [-0.1, -0.05) is 12.1 Å². The van der Waals surface area contributed by atoms with Crippen LogP contribution in [0.3, 0.4) is 0 Å². The van der Waals surface area contributed by atoms with Crippen LogP contribution in [0.5, 0.6) is 0 Å². The number of hydrogen-bond acceptors (Lipinski definition) is 4. The number of rotatable bonds is 4.